The number of H-pyrrole nitrogens is 1. The average molecular weight is 273 g/mol. The number of hydrogen-bond acceptors (Lipinski definition) is 4. The smallest absolute Gasteiger partial charge is 0.251 e. The van der Waals surface area contributed by atoms with Gasteiger partial charge >= 0.3 is 0 Å². The van der Waals surface area contributed by atoms with Gasteiger partial charge in [0.2, 0.25) is 0 Å². The number of aromatic amines is 1. The van der Waals surface area contributed by atoms with E-state index in [4.69, 9.17) is 0 Å². The highest BCUT2D eigenvalue weighted by Gasteiger charge is 2.05. The van der Waals surface area contributed by atoms with E-state index < -0.39 is 0 Å². The van der Waals surface area contributed by atoms with Crippen molar-refractivity contribution in [3.63, 3.8) is 0 Å². The van der Waals surface area contributed by atoms with E-state index in [-0.39, 0.29) is 5.91 Å². The van der Waals surface area contributed by atoms with Crippen molar-refractivity contribution >= 4 is 5.91 Å². The van der Waals surface area contributed by atoms with Gasteiger partial charge < -0.3 is 10.2 Å². The van der Waals surface area contributed by atoms with E-state index in [0.29, 0.717) is 18.5 Å². The Hall–Kier alpha value is -2.21. The monoisotopic (exact) mass is 273 g/mol. The van der Waals surface area contributed by atoms with Crippen LogP contribution in [-0.4, -0.2) is 46.9 Å². The second-order valence-electron chi connectivity index (χ2n) is 4.90. The van der Waals surface area contributed by atoms with Crippen LogP contribution in [0.1, 0.15) is 21.6 Å². The minimum atomic E-state index is -0.0649. The molecule has 0 saturated heterocycles. The number of nitrogens with one attached hydrogen (secondary N) is 2. The summed E-state index contributed by atoms with van der Waals surface area (Å²) in [5.74, 6) is -0.0649. The molecule has 0 aliphatic heterocycles. The standard InChI is InChI=1S/C14H19N5O/c1-19(2)10-11-3-5-12(6-4-11)14(20)15-8-7-13-9-16-18-17-13/h3-6,9H,7-8,10H2,1-2H3,(H,15,20)(H,16,17,18). The van der Waals surface area contributed by atoms with E-state index in [1.165, 1.54) is 5.56 Å². The molecular weight excluding hydrogens is 254 g/mol. The zero-order chi connectivity index (χ0) is 14.4. The topological polar surface area (TPSA) is 73.9 Å². The summed E-state index contributed by atoms with van der Waals surface area (Å²) in [5, 5.41) is 13.1. The number of benzene rings is 1. The van der Waals surface area contributed by atoms with Gasteiger partial charge in [-0.25, -0.2) is 0 Å². The van der Waals surface area contributed by atoms with E-state index in [2.05, 4.69) is 25.6 Å². The number of carbonyl (C=O) groups excluding carboxylic acids is 1. The number of rotatable bonds is 6. The Balaban J connectivity index is 1.82. The third-order valence-corrected chi connectivity index (χ3v) is 2.85. The highest BCUT2D eigenvalue weighted by molar-refractivity contribution is 5.94. The lowest BCUT2D eigenvalue weighted by Crippen LogP contribution is -2.25. The Morgan fingerprint density at radius 1 is 1.30 bits per heavy atom. The van der Waals surface area contributed by atoms with Crippen LogP contribution in [0.25, 0.3) is 0 Å². The van der Waals surface area contributed by atoms with Gasteiger partial charge in [0.1, 0.15) is 0 Å². The summed E-state index contributed by atoms with van der Waals surface area (Å²) in [6, 6.07) is 7.66. The molecule has 6 heteroatoms. The van der Waals surface area contributed by atoms with Crippen molar-refractivity contribution in [2.24, 2.45) is 0 Å². The first-order chi connectivity index (χ1) is 9.65. The molecule has 0 spiro atoms. The number of carbonyl (C=O) groups is 1. The predicted molar refractivity (Wildman–Crippen MR) is 76.3 cm³/mol. The molecule has 106 valence electrons. The fourth-order valence-electron chi connectivity index (χ4n) is 1.88. The summed E-state index contributed by atoms with van der Waals surface area (Å²) in [6.45, 7) is 1.42. The van der Waals surface area contributed by atoms with Crippen LogP contribution in [0.3, 0.4) is 0 Å². The van der Waals surface area contributed by atoms with Crippen LogP contribution in [-0.2, 0) is 13.0 Å². The highest BCUT2D eigenvalue weighted by Crippen LogP contribution is 2.06. The van der Waals surface area contributed by atoms with Crippen molar-refractivity contribution < 1.29 is 4.79 Å². The molecule has 0 aliphatic rings. The summed E-state index contributed by atoms with van der Waals surface area (Å²) < 4.78 is 0. The van der Waals surface area contributed by atoms with Gasteiger partial charge in [-0.05, 0) is 31.8 Å². The van der Waals surface area contributed by atoms with Crippen LogP contribution in [0.5, 0.6) is 0 Å². The van der Waals surface area contributed by atoms with Crippen molar-refractivity contribution in [2.75, 3.05) is 20.6 Å². The zero-order valence-corrected chi connectivity index (χ0v) is 11.8. The number of amides is 1. The van der Waals surface area contributed by atoms with Gasteiger partial charge in [0.05, 0.1) is 11.9 Å². The highest BCUT2D eigenvalue weighted by atomic mass is 16.1. The SMILES string of the molecule is CN(C)Cc1ccc(C(=O)NCCc2cn[nH]n2)cc1. The maximum Gasteiger partial charge on any atom is 0.251 e. The molecule has 0 bridgehead atoms. The van der Waals surface area contributed by atoms with E-state index in [9.17, 15) is 4.79 Å². The van der Waals surface area contributed by atoms with Gasteiger partial charge in [0.25, 0.3) is 5.91 Å². The summed E-state index contributed by atoms with van der Waals surface area (Å²) in [4.78, 5) is 14.0. The summed E-state index contributed by atoms with van der Waals surface area (Å²) in [7, 11) is 4.04. The van der Waals surface area contributed by atoms with Gasteiger partial charge in [-0.15, -0.1) is 0 Å². The van der Waals surface area contributed by atoms with Crippen LogP contribution in [0.4, 0.5) is 0 Å². The Bertz CT molecular complexity index is 533. The molecule has 2 aromatic rings. The molecule has 0 aliphatic carbocycles. The van der Waals surface area contributed by atoms with Crippen LogP contribution >= 0.6 is 0 Å². The average Bonchev–Trinajstić information content (AvgIpc) is 2.92. The van der Waals surface area contributed by atoms with Crippen LogP contribution in [0.2, 0.25) is 0 Å². The first kappa shape index (κ1) is 14.2. The van der Waals surface area contributed by atoms with Gasteiger partial charge in [-0.3, -0.25) is 4.79 Å². The molecule has 2 N–H and O–H groups in total. The number of nitrogens with zero attached hydrogens (tertiary/aromatic N) is 3. The Morgan fingerprint density at radius 3 is 2.65 bits per heavy atom. The molecule has 0 fully saturated rings. The molecule has 0 radical (unpaired) electrons. The maximum absolute atomic E-state index is 11.9. The van der Waals surface area contributed by atoms with Gasteiger partial charge in [0, 0.05) is 25.1 Å². The van der Waals surface area contributed by atoms with Crippen LogP contribution in [0.15, 0.2) is 30.5 Å². The second-order valence-corrected chi connectivity index (χ2v) is 4.90. The van der Waals surface area contributed by atoms with Gasteiger partial charge in [0.15, 0.2) is 0 Å². The van der Waals surface area contributed by atoms with Crippen LogP contribution in [0, 0.1) is 0 Å². The normalized spacial score (nSPS) is 10.8. The van der Waals surface area contributed by atoms with E-state index in [1.807, 2.05) is 38.4 Å². The summed E-state index contributed by atoms with van der Waals surface area (Å²) >= 11 is 0. The molecule has 2 rings (SSSR count). The fraction of sp³-hybridized carbons (Fsp3) is 0.357. The largest absolute Gasteiger partial charge is 0.352 e. The van der Waals surface area contributed by atoms with E-state index in [0.717, 1.165) is 12.2 Å². The van der Waals surface area contributed by atoms with E-state index >= 15 is 0 Å². The van der Waals surface area contributed by atoms with Crippen molar-refractivity contribution in [3.05, 3.63) is 47.3 Å². The summed E-state index contributed by atoms with van der Waals surface area (Å²) in [6.07, 6.45) is 2.32. The molecule has 0 unspecified atom stereocenters. The third kappa shape index (κ3) is 4.17. The molecular formula is C14H19N5O. The predicted octanol–water partition coefficient (Wildman–Crippen LogP) is 0.839. The van der Waals surface area contributed by atoms with Gasteiger partial charge in [-0.2, -0.15) is 15.4 Å². The van der Waals surface area contributed by atoms with Crippen molar-refractivity contribution in [1.82, 2.24) is 25.6 Å². The lowest BCUT2D eigenvalue weighted by atomic mass is 10.1. The molecule has 1 heterocycles. The van der Waals surface area contributed by atoms with Gasteiger partial charge in [-0.1, -0.05) is 12.1 Å². The maximum atomic E-state index is 11.9. The second kappa shape index (κ2) is 6.81. The quantitative estimate of drug-likeness (QED) is 0.818. The molecule has 0 saturated carbocycles. The zero-order valence-electron chi connectivity index (χ0n) is 11.8. The molecule has 1 amide bonds. The lowest BCUT2D eigenvalue weighted by molar-refractivity contribution is 0.0954. The first-order valence-corrected chi connectivity index (χ1v) is 6.51. The van der Waals surface area contributed by atoms with Crippen LogP contribution < -0.4 is 5.32 Å². The molecule has 1 aromatic heterocycles. The molecule has 6 nitrogen and oxygen atoms in total. The Kier molecular flexibility index (Phi) is 4.84. The fourth-order valence-corrected chi connectivity index (χ4v) is 1.88. The molecule has 20 heavy (non-hydrogen) atoms. The summed E-state index contributed by atoms with van der Waals surface area (Å²) in [5.41, 5.74) is 2.70. The third-order valence-electron chi connectivity index (χ3n) is 2.85. The first-order valence-electron chi connectivity index (χ1n) is 6.51. The Morgan fingerprint density at radius 2 is 2.05 bits per heavy atom. The van der Waals surface area contributed by atoms with Crippen molar-refractivity contribution in [2.45, 2.75) is 13.0 Å². The molecule has 0 atom stereocenters. The molecule has 1 aromatic carbocycles. The van der Waals surface area contributed by atoms with Crippen molar-refractivity contribution in [3.8, 4) is 0 Å². The van der Waals surface area contributed by atoms with Crippen molar-refractivity contribution in [1.29, 1.82) is 0 Å². The Labute approximate surface area is 118 Å². The number of aromatic nitrogens is 3. The lowest BCUT2D eigenvalue weighted by Gasteiger charge is -2.10. The van der Waals surface area contributed by atoms with E-state index in [1.54, 1.807) is 6.20 Å². The minimum Gasteiger partial charge on any atom is -0.352 e. The number of hydrogen-bond donors (Lipinski definition) is 2. The minimum absolute atomic E-state index is 0.0649.